The number of nitrogen functional groups attached to an aromatic ring is 1. The highest BCUT2D eigenvalue weighted by molar-refractivity contribution is 7.89. The van der Waals surface area contributed by atoms with E-state index in [9.17, 15) is 13.2 Å². The van der Waals surface area contributed by atoms with Crippen molar-refractivity contribution in [1.82, 2.24) is 9.29 Å². The van der Waals surface area contributed by atoms with E-state index in [0.717, 1.165) is 33.5 Å². The van der Waals surface area contributed by atoms with Gasteiger partial charge in [0.05, 0.1) is 17.9 Å². The van der Waals surface area contributed by atoms with Gasteiger partial charge in [0.15, 0.2) is 0 Å². The lowest BCUT2D eigenvalue weighted by atomic mass is 9.83. The lowest BCUT2D eigenvalue weighted by molar-refractivity contribution is -0.116. The quantitative estimate of drug-likeness (QED) is 0.117. The molecule has 10 nitrogen and oxygen atoms in total. The Kier molecular flexibility index (Phi) is 9.95. The molecule has 46 heavy (non-hydrogen) atoms. The van der Waals surface area contributed by atoms with Crippen molar-refractivity contribution < 1.29 is 17.9 Å². The molecule has 0 radical (unpaired) electrons. The molecule has 11 heteroatoms. The van der Waals surface area contributed by atoms with E-state index < -0.39 is 10.0 Å². The number of aryl methyl sites for hydroxylation is 1. The molecular weight excluding hydrogens is 600 g/mol. The summed E-state index contributed by atoms with van der Waals surface area (Å²) in [4.78, 5) is 17.8. The smallest absolute Gasteiger partial charge is 0.248 e. The van der Waals surface area contributed by atoms with Crippen molar-refractivity contribution in [3.8, 4) is 5.88 Å². The van der Waals surface area contributed by atoms with E-state index in [1.807, 2.05) is 88.4 Å². The highest BCUT2D eigenvalue weighted by Gasteiger charge is 2.35. The minimum Gasteiger partial charge on any atom is -0.472 e. The molecule has 0 saturated heterocycles. The third-order valence-electron chi connectivity index (χ3n) is 8.62. The number of ether oxygens (including phenoxy) is 1. The SMILES string of the molecule is CC[C@@H]1CN(Cc2cc([C@H](CC(=O)Nc3ccccc3)c3ccc(N(N)CC)c(N)c3C)ccc2C)S(=O)(=O)c2cccnc2O1. The zero-order valence-corrected chi connectivity index (χ0v) is 27.5. The summed E-state index contributed by atoms with van der Waals surface area (Å²) in [6.07, 6.45) is 1.95. The average Bonchev–Trinajstić information content (AvgIpc) is 3.15. The fourth-order valence-corrected chi connectivity index (χ4v) is 7.33. The van der Waals surface area contributed by atoms with Crippen LogP contribution in [0.4, 0.5) is 17.1 Å². The third-order valence-corrected chi connectivity index (χ3v) is 10.4. The number of para-hydroxylation sites is 1. The number of hydrogen-bond acceptors (Lipinski definition) is 8. The van der Waals surface area contributed by atoms with Gasteiger partial charge in [0.2, 0.25) is 21.8 Å². The number of sulfonamides is 1. The molecule has 0 aliphatic carbocycles. The van der Waals surface area contributed by atoms with Gasteiger partial charge in [0.1, 0.15) is 11.0 Å². The molecule has 1 amide bonds. The number of carbonyl (C=O) groups excluding carboxylic acids is 1. The second-order valence-electron chi connectivity index (χ2n) is 11.6. The van der Waals surface area contributed by atoms with Crippen molar-refractivity contribution in [1.29, 1.82) is 0 Å². The maximum atomic E-state index is 13.9. The second kappa shape index (κ2) is 13.9. The van der Waals surface area contributed by atoms with E-state index in [4.69, 9.17) is 16.3 Å². The van der Waals surface area contributed by atoms with Crippen LogP contribution in [0.25, 0.3) is 0 Å². The predicted molar refractivity (Wildman–Crippen MR) is 182 cm³/mol. The maximum Gasteiger partial charge on any atom is 0.248 e. The van der Waals surface area contributed by atoms with E-state index >= 15 is 0 Å². The fraction of sp³-hybridized carbons (Fsp3) is 0.314. The molecule has 0 unspecified atom stereocenters. The topological polar surface area (TPSA) is 144 Å². The van der Waals surface area contributed by atoms with Crippen LogP contribution in [-0.2, 0) is 21.4 Å². The van der Waals surface area contributed by atoms with Crippen LogP contribution in [0.2, 0.25) is 0 Å². The minimum absolute atomic E-state index is 0.0578. The van der Waals surface area contributed by atoms with Crippen LogP contribution >= 0.6 is 0 Å². The van der Waals surface area contributed by atoms with Gasteiger partial charge >= 0.3 is 0 Å². The number of nitrogens with two attached hydrogens (primary N) is 2. The van der Waals surface area contributed by atoms with E-state index in [0.29, 0.717) is 24.3 Å². The van der Waals surface area contributed by atoms with Crippen LogP contribution in [-0.4, -0.2) is 42.8 Å². The molecule has 3 aromatic carbocycles. The van der Waals surface area contributed by atoms with E-state index in [2.05, 4.69) is 10.3 Å². The van der Waals surface area contributed by atoms with Crippen molar-refractivity contribution in [2.75, 3.05) is 29.1 Å². The number of fused-ring (bicyclic) bond motifs is 1. The van der Waals surface area contributed by atoms with Gasteiger partial charge in [0.25, 0.3) is 0 Å². The zero-order chi connectivity index (χ0) is 33.0. The number of carbonyl (C=O) groups is 1. The maximum absolute atomic E-state index is 13.9. The Hall–Kier alpha value is -4.45. The monoisotopic (exact) mass is 642 g/mol. The lowest BCUT2D eigenvalue weighted by Crippen LogP contribution is -2.36. The van der Waals surface area contributed by atoms with Gasteiger partial charge < -0.3 is 20.8 Å². The van der Waals surface area contributed by atoms with Gasteiger partial charge in [-0.25, -0.2) is 19.2 Å². The summed E-state index contributed by atoms with van der Waals surface area (Å²) in [6.45, 7) is 8.71. The van der Waals surface area contributed by atoms with Gasteiger partial charge in [-0.05, 0) is 85.3 Å². The van der Waals surface area contributed by atoms with Crippen LogP contribution in [0.3, 0.4) is 0 Å². The van der Waals surface area contributed by atoms with Gasteiger partial charge in [-0.3, -0.25) is 4.79 Å². The molecule has 0 saturated carbocycles. The Morgan fingerprint density at radius 3 is 2.57 bits per heavy atom. The van der Waals surface area contributed by atoms with Crippen LogP contribution in [0.1, 0.15) is 60.4 Å². The fourth-order valence-electron chi connectivity index (χ4n) is 5.81. The summed E-state index contributed by atoms with van der Waals surface area (Å²) in [6, 6.07) is 22.3. The number of nitrogens with one attached hydrogen (secondary N) is 1. The summed E-state index contributed by atoms with van der Waals surface area (Å²) in [7, 11) is -3.90. The normalized spacial score (nSPS) is 16.5. The summed E-state index contributed by atoms with van der Waals surface area (Å²) in [5, 5.41) is 4.60. The van der Waals surface area contributed by atoms with Crippen molar-refractivity contribution in [2.45, 2.75) is 64.0 Å². The second-order valence-corrected chi connectivity index (χ2v) is 13.5. The number of anilines is 3. The summed E-state index contributed by atoms with van der Waals surface area (Å²) in [5.74, 6) is 5.80. The number of pyridine rings is 1. The van der Waals surface area contributed by atoms with E-state index in [1.54, 1.807) is 11.1 Å². The highest BCUT2D eigenvalue weighted by Crippen LogP contribution is 2.38. The van der Waals surface area contributed by atoms with Gasteiger partial charge in [-0.15, -0.1) is 0 Å². The number of aromatic nitrogens is 1. The first-order valence-corrected chi connectivity index (χ1v) is 16.9. The number of rotatable bonds is 10. The van der Waals surface area contributed by atoms with Gasteiger partial charge in [-0.1, -0.05) is 49.4 Å². The molecule has 1 aliphatic rings. The largest absolute Gasteiger partial charge is 0.472 e. The molecule has 242 valence electrons. The van der Waals surface area contributed by atoms with E-state index in [1.165, 1.54) is 16.6 Å². The molecule has 4 aromatic rings. The summed E-state index contributed by atoms with van der Waals surface area (Å²) in [5.41, 5.74) is 12.9. The molecule has 2 atom stereocenters. The molecule has 1 aromatic heterocycles. The molecule has 2 heterocycles. The lowest BCUT2D eigenvalue weighted by Gasteiger charge is -2.26. The standard InChI is InChI=1S/C35H42N6O4S/c1-5-28-22-40(46(43,44)32-13-10-18-38-35(32)45-28)21-26-19-25(15-14-23(26)3)30(20-33(42)39-27-11-8-7-9-12-27)29-16-17-31(41(37)6-2)34(36)24(29)4/h7-19,28,30H,5-6,20-22,36-37H2,1-4H3,(H,39,42)/t28-,30+/m1/s1. The summed E-state index contributed by atoms with van der Waals surface area (Å²) >= 11 is 0. The minimum atomic E-state index is -3.90. The first kappa shape index (κ1) is 32.9. The molecule has 0 bridgehead atoms. The molecule has 0 fully saturated rings. The highest BCUT2D eigenvalue weighted by atomic mass is 32.2. The number of hydrogen-bond donors (Lipinski definition) is 3. The summed E-state index contributed by atoms with van der Waals surface area (Å²) < 4.78 is 35.2. The molecule has 1 aliphatic heterocycles. The van der Waals surface area contributed by atoms with Crippen molar-refractivity contribution in [3.05, 3.63) is 107 Å². The van der Waals surface area contributed by atoms with E-state index in [-0.39, 0.29) is 48.2 Å². The Morgan fingerprint density at radius 1 is 1.09 bits per heavy atom. The molecule has 5 N–H and O–H groups in total. The van der Waals surface area contributed by atoms with Crippen LogP contribution in [0, 0.1) is 13.8 Å². The Bertz CT molecular complexity index is 1820. The molecule has 5 rings (SSSR count). The number of amides is 1. The van der Waals surface area contributed by atoms with Crippen LogP contribution < -0.4 is 26.6 Å². The van der Waals surface area contributed by atoms with Gasteiger partial charge in [0, 0.05) is 37.3 Å². The van der Waals surface area contributed by atoms with Crippen molar-refractivity contribution in [2.24, 2.45) is 5.84 Å². The molecular formula is C35H42N6O4S. The first-order valence-electron chi connectivity index (χ1n) is 15.5. The van der Waals surface area contributed by atoms with Crippen molar-refractivity contribution >= 4 is 33.0 Å². The number of nitrogens with zero attached hydrogens (tertiary/aromatic N) is 3. The Morgan fingerprint density at radius 2 is 1.85 bits per heavy atom. The Balaban J connectivity index is 1.55. The van der Waals surface area contributed by atoms with Crippen molar-refractivity contribution in [3.63, 3.8) is 0 Å². The molecule has 0 spiro atoms. The average molecular weight is 643 g/mol. The Labute approximate surface area is 271 Å². The van der Waals surface area contributed by atoms with Crippen LogP contribution in [0.15, 0.2) is 83.9 Å². The van der Waals surface area contributed by atoms with Gasteiger partial charge in [-0.2, -0.15) is 4.31 Å². The third kappa shape index (κ3) is 6.86. The number of benzene rings is 3. The zero-order valence-electron chi connectivity index (χ0n) is 26.7. The predicted octanol–water partition coefficient (Wildman–Crippen LogP) is 5.50. The first-order chi connectivity index (χ1) is 22.0. The van der Waals surface area contributed by atoms with Crippen LogP contribution in [0.5, 0.6) is 5.88 Å². The number of hydrazine groups is 1.